The molecule has 0 unspecified atom stereocenters. The molecule has 0 aliphatic rings. The van der Waals surface area contributed by atoms with E-state index in [1.807, 2.05) is 0 Å². The monoisotopic (exact) mass is 236 g/mol. The first kappa shape index (κ1) is 13.4. The van der Waals surface area contributed by atoms with E-state index >= 15 is 0 Å². The summed E-state index contributed by atoms with van der Waals surface area (Å²) >= 11 is 0. The quantitative estimate of drug-likeness (QED) is 0.411. The van der Waals surface area contributed by atoms with Crippen molar-refractivity contribution in [3.63, 3.8) is 0 Å². The van der Waals surface area contributed by atoms with Crippen molar-refractivity contribution in [2.75, 3.05) is 6.61 Å². The van der Waals surface area contributed by atoms with E-state index < -0.39 is 0 Å². The van der Waals surface area contributed by atoms with Gasteiger partial charge in [0.15, 0.2) is 0 Å². The average molecular weight is 236 g/mol. The van der Waals surface area contributed by atoms with Gasteiger partial charge in [0, 0.05) is 0 Å². The number of nitrogens with zero attached hydrogens (tertiary/aromatic N) is 2. The molecule has 1 rings (SSSR count). The number of unbranched alkanes of at least 4 members (excludes halogenated alkanes) is 4. The first-order valence-corrected chi connectivity index (χ1v) is 6.04. The topological polar surface area (TPSA) is 84.9 Å². The Morgan fingerprint density at radius 3 is 2.82 bits per heavy atom. The lowest BCUT2D eigenvalue weighted by atomic mass is 10.2. The van der Waals surface area contributed by atoms with Crippen LogP contribution >= 0.6 is 0 Å². The first-order chi connectivity index (χ1) is 8.25. The molecule has 3 N–H and O–H groups in total. The number of aromatic nitrogens is 2. The third kappa shape index (κ3) is 4.80. The average Bonchev–Trinajstić information content (AvgIpc) is 2.34. The third-order valence-electron chi connectivity index (χ3n) is 2.46. The fourth-order valence-corrected chi connectivity index (χ4v) is 1.50. The Hall–Kier alpha value is -1.65. The van der Waals surface area contributed by atoms with Crippen molar-refractivity contribution in [3.8, 4) is 5.88 Å². The molecule has 94 valence electrons. The van der Waals surface area contributed by atoms with Crippen molar-refractivity contribution in [2.24, 2.45) is 5.73 Å². The lowest BCUT2D eigenvalue weighted by Crippen LogP contribution is -2.14. The van der Waals surface area contributed by atoms with E-state index in [4.69, 9.17) is 15.9 Å². The van der Waals surface area contributed by atoms with Crippen LogP contribution in [0.2, 0.25) is 0 Å². The second-order valence-corrected chi connectivity index (χ2v) is 3.93. The van der Waals surface area contributed by atoms with Gasteiger partial charge in [-0.1, -0.05) is 32.6 Å². The lowest BCUT2D eigenvalue weighted by Gasteiger charge is -2.07. The van der Waals surface area contributed by atoms with Crippen molar-refractivity contribution < 1.29 is 4.74 Å². The van der Waals surface area contributed by atoms with Gasteiger partial charge in [-0.2, -0.15) is 5.10 Å². The Bertz CT molecular complexity index is 354. The van der Waals surface area contributed by atoms with Crippen LogP contribution in [0, 0.1) is 5.41 Å². The number of nitrogens with one attached hydrogen (secondary N) is 1. The molecule has 1 heterocycles. The van der Waals surface area contributed by atoms with Crippen molar-refractivity contribution in [2.45, 2.75) is 39.0 Å². The molecule has 5 heteroatoms. The zero-order valence-electron chi connectivity index (χ0n) is 10.3. The van der Waals surface area contributed by atoms with Gasteiger partial charge in [0.25, 0.3) is 0 Å². The highest BCUT2D eigenvalue weighted by Gasteiger charge is 2.07. The van der Waals surface area contributed by atoms with Crippen molar-refractivity contribution in [1.82, 2.24) is 10.2 Å². The fraction of sp³-hybridized carbons (Fsp3) is 0.583. The molecule has 0 amide bonds. The Labute approximate surface area is 102 Å². The molecule has 17 heavy (non-hydrogen) atoms. The fourth-order valence-electron chi connectivity index (χ4n) is 1.50. The minimum atomic E-state index is -0.0408. The van der Waals surface area contributed by atoms with Crippen molar-refractivity contribution >= 4 is 5.84 Å². The van der Waals surface area contributed by atoms with E-state index in [0.29, 0.717) is 18.1 Å². The number of hydrogen-bond donors (Lipinski definition) is 2. The van der Waals surface area contributed by atoms with Crippen LogP contribution in [-0.2, 0) is 0 Å². The largest absolute Gasteiger partial charge is 0.476 e. The summed E-state index contributed by atoms with van der Waals surface area (Å²) in [4.78, 5) is 0. The maximum Gasteiger partial charge on any atom is 0.244 e. The molecule has 0 atom stereocenters. The van der Waals surface area contributed by atoms with Gasteiger partial charge < -0.3 is 10.5 Å². The Balaban J connectivity index is 2.34. The minimum absolute atomic E-state index is 0.0408. The molecule has 0 aliphatic heterocycles. The second-order valence-electron chi connectivity index (χ2n) is 3.93. The van der Waals surface area contributed by atoms with E-state index in [1.165, 1.54) is 25.5 Å². The van der Waals surface area contributed by atoms with Crippen LogP contribution in [-0.4, -0.2) is 22.6 Å². The van der Waals surface area contributed by atoms with Crippen LogP contribution < -0.4 is 10.5 Å². The number of nitrogens with two attached hydrogens (primary N) is 1. The van der Waals surface area contributed by atoms with Crippen molar-refractivity contribution in [3.05, 3.63) is 17.8 Å². The third-order valence-corrected chi connectivity index (χ3v) is 2.46. The Kier molecular flexibility index (Phi) is 5.99. The van der Waals surface area contributed by atoms with Gasteiger partial charge in [0.2, 0.25) is 5.88 Å². The maximum atomic E-state index is 7.38. The van der Waals surface area contributed by atoms with Crippen LogP contribution in [0.4, 0.5) is 0 Å². The molecule has 0 spiro atoms. The highest BCUT2D eigenvalue weighted by atomic mass is 16.5. The van der Waals surface area contributed by atoms with E-state index in [2.05, 4.69) is 17.1 Å². The molecule has 0 fully saturated rings. The molecular weight excluding hydrogens is 216 g/mol. The van der Waals surface area contributed by atoms with Gasteiger partial charge in [0.05, 0.1) is 18.4 Å². The minimum Gasteiger partial charge on any atom is -0.476 e. The smallest absolute Gasteiger partial charge is 0.244 e. The molecule has 0 saturated carbocycles. The summed E-state index contributed by atoms with van der Waals surface area (Å²) in [6.07, 6.45) is 7.39. The summed E-state index contributed by atoms with van der Waals surface area (Å²) in [5, 5.41) is 14.9. The van der Waals surface area contributed by atoms with Crippen molar-refractivity contribution in [1.29, 1.82) is 5.41 Å². The van der Waals surface area contributed by atoms with E-state index in [9.17, 15) is 0 Å². The first-order valence-electron chi connectivity index (χ1n) is 6.04. The Morgan fingerprint density at radius 1 is 1.35 bits per heavy atom. The highest BCUT2D eigenvalue weighted by Crippen LogP contribution is 2.13. The summed E-state index contributed by atoms with van der Waals surface area (Å²) in [5.74, 6) is 0.316. The second kappa shape index (κ2) is 7.60. The zero-order valence-corrected chi connectivity index (χ0v) is 10.3. The summed E-state index contributed by atoms with van der Waals surface area (Å²) in [7, 11) is 0. The van der Waals surface area contributed by atoms with Crippen LogP contribution in [0.3, 0.4) is 0 Å². The van der Waals surface area contributed by atoms with Gasteiger partial charge in [-0.3, -0.25) is 5.41 Å². The molecule has 0 aliphatic carbocycles. The molecule has 0 radical (unpaired) electrons. The predicted octanol–water partition coefficient (Wildman–Crippen LogP) is 2.11. The molecular formula is C12H20N4O. The zero-order chi connectivity index (χ0) is 12.5. The Morgan fingerprint density at radius 2 is 2.12 bits per heavy atom. The SMILES string of the molecule is CCCCCCCOc1nnccc1C(=N)N. The maximum absolute atomic E-state index is 7.38. The van der Waals surface area contributed by atoms with Crippen LogP contribution in [0.1, 0.15) is 44.6 Å². The highest BCUT2D eigenvalue weighted by molar-refractivity contribution is 5.96. The molecule has 0 bridgehead atoms. The molecule has 0 aromatic carbocycles. The summed E-state index contributed by atoms with van der Waals surface area (Å²) in [6, 6.07) is 1.64. The molecule has 1 aromatic heterocycles. The van der Waals surface area contributed by atoms with Crippen LogP contribution in [0.25, 0.3) is 0 Å². The number of nitrogen functional groups attached to an aromatic ring is 1. The van der Waals surface area contributed by atoms with Gasteiger partial charge in [0.1, 0.15) is 5.84 Å². The molecule has 5 nitrogen and oxygen atoms in total. The van der Waals surface area contributed by atoms with Crippen LogP contribution in [0.5, 0.6) is 5.88 Å². The molecule has 1 aromatic rings. The number of rotatable bonds is 8. The molecule has 0 saturated heterocycles. The predicted molar refractivity (Wildman–Crippen MR) is 67.3 cm³/mol. The van der Waals surface area contributed by atoms with Gasteiger partial charge in [-0.15, -0.1) is 5.10 Å². The van der Waals surface area contributed by atoms with E-state index in [1.54, 1.807) is 6.07 Å². The van der Waals surface area contributed by atoms with Gasteiger partial charge in [-0.05, 0) is 12.5 Å². The van der Waals surface area contributed by atoms with Gasteiger partial charge in [-0.25, -0.2) is 0 Å². The summed E-state index contributed by atoms with van der Waals surface area (Å²) < 4.78 is 5.48. The summed E-state index contributed by atoms with van der Waals surface area (Å²) in [6.45, 7) is 2.79. The lowest BCUT2D eigenvalue weighted by molar-refractivity contribution is 0.289. The number of amidine groups is 1. The van der Waals surface area contributed by atoms with Gasteiger partial charge >= 0.3 is 0 Å². The van der Waals surface area contributed by atoms with E-state index in [-0.39, 0.29) is 5.84 Å². The normalized spacial score (nSPS) is 10.2. The standard InChI is InChI=1S/C12H20N4O/c1-2-3-4-5-6-9-17-12-10(11(13)14)7-8-15-16-12/h7-8H,2-6,9H2,1H3,(H3,13,14). The summed E-state index contributed by atoms with van der Waals surface area (Å²) in [5.41, 5.74) is 5.93. The van der Waals surface area contributed by atoms with Crippen LogP contribution in [0.15, 0.2) is 12.3 Å². The number of ether oxygens (including phenoxy) is 1. The van der Waals surface area contributed by atoms with E-state index in [0.717, 1.165) is 12.8 Å². The number of hydrogen-bond acceptors (Lipinski definition) is 4.